The number of rotatable bonds is 5. The largest absolute Gasteiger partial charge is 0.508 e. The van der Waals surface area contributed by atoms with Crippen molar-refractivity contribution in [3.63, 3.8) is 0 Å². The molecule has 1 saturated carbocycles. The van der Waals surface area contributed by atoms with Gasteiger partial charge >= 0.3 is 0 Å². The summed E-state index contributed by atoms with van der Waals surface area (Å²) in [4.78, 5) is 52.4. The zero-order valence-electron chi connectivity index (χ0n) is 27.1. The minimum Gasteiger partial charge on any atom is -0.508 e. The highest BCUT2D eigenvalue weighted by Crippen LogP contribution is 2.67. The van der Waals surface area contributed by atoms with Gasteiger partial charge in [-0.2, -0.15) is 0 Å². The van der Waals surface area contributed by atoms with Crippen molar-refractivity contribution in [2.24, 2.45) is 17.8 Å². The van der Waals surface area contributed by atoms with Gasteiger partial charge in [0.25, 0.3) is 11.8 Å². The maximum Gasteiger partial charge on any atom is 0.258 e. The summed E-state index contributed by atoms with van der Waals surface area (Å²) in [7, 11) is 0. The number of benzene rings is 4. The van der Waals surface area contributed by atoms with E-state index in [2.05, 4.69) is 0 Å². The van der Waals surface area contributed by atoms with Gasteiger partial charge in [-0.05, 0) is 59.7 Å². The van der Waals surface area contributed by atoms with E-state index in [4.69, 9.17) is 23.2 Å². The molecule has 4 aromatic carbocycles. The molecule has 2 heterocycles. The number of carbonyl (C=O) groups excluding carboxylic acids is 4. The van der Waals surface area contributed by atoms with Gasteiger partial charge in [0.05, 0.1) is 11.8 Å². The third kappa shape index (κ3) is 4.65. The molecule has 53 heavy (non-hydrogen) atoms. The Hall–Kier alpha value is -5.01. The third-order valence-corrected chi connectivity index (χ3v) is 12.5. The number of allylic oxidation sites excluding steroid dienone is 2. The van der Waals surface area contributed by atoms with E-state index in [1.54, 1.807) is 48.5 Å². The van der Waals surface area contributed by atoms with Gasteiger partial charge < -0.3 is 10.2 Å². The molecular weight excluding hydrogens is 746 g/mol. The Kier molecular flexibility index (Phi) is 7.94. The number of phenols is 2. The topological polar surface area (TPSA) is 115 Å². The Morgan fingerprint density at radius 3 is 2.08 bits per heavy atom. The van der Waals surface area contributed by atoms with Crippen molar-refractivity contribution >= 4 is 63.3 Å². The molecule has 0 radical (unpaired) electrons. The minimum absolute atomic E-state index is 0.0276. The molecule has 2 saturated heterocycles. The molecule has 3 fully saturated rings. The fraction of sp³-hybridized carbons (Fsp3) is 0.263. The van der Waals surface area contributed by atoms with Crippen LogP contribution in [0.1, 0.15) is 29.9 Å². The predicted molar refractivity (Wildman–Crippen MR) is 181 cm³/mol. The molecule has 0 aromatic heterocycles. The molecule has 4 aliphatic rings. The molecule has 4 amide bonds. The first-order valence-corrected chi connectivity index (χ1v) is 17.2. The molecule has 0 spiro atoms. The molecule has 272 valence electrons. The molecule has 15 heteroatoms. The second-order valence-electron chi connectivity index (χ2n) is 13.7. The lowest BCUT2D eigenvalue weighted by atomic mass is 9.56. The first-order valence-electron chi connectivity index (χ1n) is 16.4. The van der Waals surface area contributed by atoms with Crippen molar-refractivity contribution in [1.82, 2.24) is 4.90 Å². The van der Waals surface area contributed by atoms with Crippen molar-refractivity contribution in [2.75, 3.05) is 11.4 Å². The first-order chi connectivity index (χ1) is 25.1. The van der Waals surface area contributed by atoms with Gasteiger partial charge in [-0.3, -0.25) is 24.1 Å². The second kappa shape index (κ2) is 12.0. The number of imide groups is 2. The zero-order valence-corrected chi connectivity index (χ0v) is 28.6. The van der Waals surface area contributed by atoms with E-state index >= 15 is 8.78 Å². The van der Waals surface area contributed by atoms with Crippen molar-refractivity contribution in [3.05, 3.63) is 113 Å². The molecule has 4 aromatic rings. The lowest BCUT2D eigenvalue weighted by Gasteiger charge is -2.51. The Bertz CT molecular complexity index is 2330. The van der Waals surface area contributed by atoms with Gasteiger partial charge in [-0.25, -0.2) is 26.9 Å². The van der Waals surface area contributed by atoms with E-state index < -0.39 is 104 Å². The van der Waals surface area contributed by atoms with Crippen LogP contribution in [0.2, 0.25) is 0 Å². The molecule has 0 bridgehead atoms. The highest BCUT2D eigenvalue weighted by atomic mass is 35.5. The van der Waals surface area contributed by atoms with Crippen LogP contribution in [0.25, 0.3) is 10.8 Å². The van der Waals surface area contributed by atoms with Crippen LogP contribution in [-0.4, -0.2) is 55.0 Å². The fourth-order valence-corrected chi connectivity index (χ4v) is 9.58. The highest BCUT2D eigenvalue weighted by molar-refractivity contribution is 6.58. The number of aromatic hydroxyl groups is 2. The number of halogens is 7. The number of hydrogen-bond donors (Lipinski definition) is 2. The van der Waals surface area contributed by atoms with Gasteiger partial charge in [-0.1, -0.05) is 54.1 Å². The standard InChI is InChI=1S/C38H25Cl2F5N2O6/c39-37-15-22-20(10-11-21-24(22)34(51)46(33(21)50)14-13-16-5-8-18(48)9-6-16)26(25-19-4-2-1-3-17(19)7-12-23(25)49)38(37,40)36(53)47(35(37)52)32-30(44)28(42)27(41)29(43)31(32)45/h1-10,12,21-22,24,26,48-49H,11,13-15H2/t21-,22+,24-,26+,37+,38-/m0/s1. The molecular formula is C38H25Cl2F5N2O6. The normalized spacial score (nSPS) is 28.0. The predicted octanol–water partition coefficient (Wildman–Crippen LogP) is 6.75. The lowest BCUT2D eigenvalue weighted by Crippen LogP contribution is -2.60. The molecule has 6 atom stereocenters. The van der Waals surface area contributed by atoms with Gasteiger partial charge in [0.15, 0.2) is 33.0 Å². The average Bonchev–Trinajstić information content (AvgIpc) is 3.47. The number of hydrogen-bond acceptors (Lipinski definition) is 6. The summed E-state index contributed by atoms with van der Waals surface area (Å²) in [5, 5.41) is 22.0. The number of nitrogens with zero attached hydrogens (tertiary/aromatic N) is 2. The van der Waals surface area contributed by atoms with E-state index in [1.165, 1.54) is 18.2 Å². The Morgan fingerprint density at radius 2 is 1.40 bits per heavy atom. The lowest BCUT2D eigenvalue weighted by molar-refractivity contribution is -0.140. The fourth-order valence-electron chi connectivity index (χ4n) is 8.66. The summed E-state index contributed by atoms with van der Waals surface area (Å²) in [6.45, 7) is -0.0397. The van der Waals surface area contributed by atoms with Crippen LogP contribution >= 0.6 is 23.2 Å². The van der Waals surface area contributed by atoms with Crippen LogP contribution in [0, 0.1) is 46.8 Å². The third-order valence-electron chi connectivity index (χ3n) is 11.1. The molecule has 2 aliphatic carbocycles. The number of anilines is 1. The quantitative estimate of drug-likeness (QED) is 0.0580. The highest BCUT2D eigenvalue weighted by Gasteiger charge is 2.77. The van der Waals surface area contributed by atoms with Crippen LogP contribution in [0.4, 0.5) is 27.6 Å². The molecule has 2 aliphatic heterocycles. The van der Waals surface area contributed by atoms with Crippen LogP contribution < -0.4 is 4.90 Å². The van der Waals surface area contributed by atoms with Crippen molar-refractivity contribution in [1.29, 1.82) is 0 Å². The smallest absolute Gasteiger partial charge is 0.258 e. The number of carbonyl (C=O) groups is 4. The number of alkyl halides is 2. The van der Waals surface area contributed by atoms with Crippen molar-refractivity contribution in [2.45, 2.75) is 34.9 Å². The summed E-state index contributed by atoms with van der Waals surface area (Å²) in [6, 6.07) is 15.6. The van der Waals surface area contributed by atoms with Crippen LogP contribution in [-0.2, 0) is 25.6 Å². The molecule has 8 nitrogen and oxygen atoms in total. The van der Waals surface area contributed by atoms with E-state index in [9.17, 15) is 42.6 Å². The summed E-state index contributed by atoms with van der Waals surface area (Å²) < 4.78 is 73.9. The molecule has 2 N–H and O–H groups in total. The molecule has 0 unspecified atom stereocenters. The first kappa shape index (κ1) is 35.0. The summed E-state index contributed by atoms with van der Waals surface area (Å²) in [6.07, 6.45) is 1.12. The summed E-state index contributed by atoms with van der Waals surface area (Å²) in [5.74, 6) is -22.0. The number of amides is 4. The van der Waals surface area contributed by atoms with E-state index in [-0.39, 0.29) is 41.2 Å². The van der Waals surface area contributed by atoms with Gasteiger partial charge in [-0.15, -0.1) is 23.2 Å². The zero-order chi connectivity index (χ0) is 37.9. The number of phenolic OH excluding ortho intramolecular Hbond substituents is 2. The van der Waals surface area contributed by atoms with Crippen molar-refractivity contribution in [3.8, 4) is 11.5 Å². The SMILES string of the molecule is O=C1[C@H]2[C@H](CC=C3[C@H]2C[C@@]2(Cl)C(=O)N(c4c(F)c(F)c(F)c(F)c4F)C(=O)[C@@]2(Cl)[C@H]3c2c(O)ccc3ccccc23)C(=O)N1CCc1ccc(O)cc1. The van der Waals surface area contributed by atoms with Gasteiger partial charge in [0.1, 0.15) is 17.2 Å². The maximum atomic E-state index is 15.3. The van der Waals surface area contributed by atoms with E-state index in [0.29, 0.717) is 10.8 Å². The van der Waals surface area contributed by atoms with Gasteiger partial charge in [0, 0.05) is 18.0 Å². The second-order valence-corrected chi connectivity index (χ2v) is 14.9. The number of likely N-dealkylation sites (tertiary alicyclic amines) is 1. The van der Waals surface area contributed by atoms with Crippen LogP contribution in [0.3, 0.4) is 0 Å². The maximum absolute atomic E-state index is 15.3. The number of fused-ring (bicyclic) bond motifs is 5. The average molecular weight is 772 g/mol. The minimum atomic E-state index is -2.77. The van der Waals surface area contributed by atoms with E-state index in [0.717, 1.165) is 10.5 Å². The Morgan fingerprint density at radius 1 is 0.755 bits per heavy atom. The van der Waals surface area contributed by atoms with Crippen LogP contribution in [0.5, 0.6) is 11.5 Å². The summed E-state index contributed by atoms with van der Waals surface area (Å²) in [5.41, 5.74) is -0.977. The van der Waals surface area contributed by atoms with Crippen LogP contribution in [0.15, 0.2) is 72.3 Å². The van der Waals surface area contributed by atoms with Gasteiger partial charge in [0.2, 0.25) is 17.6 Å². The van der Waals surface area contributed by atoms with E-state index in [1.807, 2.05) is 0 Å². The summed E-state index contributed by atoms with van der Waals surface area (Å²) >= 11 is 14.5. The van der Waals surface area contributed by atoms with Crippen molar-refractivity contribution < 1.29 is 51.3 Å². The monoisotopic (exact) mass is 770 g/mol. The molecule has 8 rings (SSSR count). The Labute approximate surface area is 307 Å². The Balaban J connectivity index is 1.30.